The molecule has 0 aliphatic heterocycles. The van der Waals surface area contributed by atoms with Gasteiger partial charge >= 0.3 is 137 Å². The molecule has 1 heteroatoms. The van der Waals surface area contributed by atoms with Crippen molar-refractivity contribution in [3.8, 4) is 0 Å². The fourth-order valence-corrected chi connectivity index (χ4v) is 9.53. The van der Waals surface area contributed by atoms with Crippen molar-refractivity contribution >= 4 is 7.26 Å². The van der Waals surface area contributed by atoms with Gasteiger partial charge in [0, 0.05) is 0 Å². The van der Waals surface area contributed by atoms with E-state index in [0.29, 0.717) is 0 Å². The van der Waals surface area contributed by atoms with Gasteiger partial charge in [-0.25, -0.2) is 0 Å². The molecule has 0 radical (unpaired) electrons. The first-order chi connectivity index (χ1) is 10.2. The Balaban J connectivity index is 4.23. The van der Waals surface area contributed by atoms with Crippen molar-refractivity contribution in [2.24, 2.45) is 0 Å². The molecular formula is C20H45P. The first-order valence-corrected chi connectivity index (χ1v) is 13.1. The van der Waals surface area contributed by atoms with Crippen LogP contribution in [0.25, 0.3) is 0 Å². The molecule has 0 rings (SSSR count). The van der Waals surface area contributed by atoms with Crippen molar-refractivity contribution in [1.82, 2.24) is 0 Å². The summed E-state index contributed by atoms with van der Waals surface area (Å²) in [5, 5.41) is 0. The Morgan fingerprint density at radius 2 is 0.810 bits per heavy atom. The molecular weight excluding hydrogens is 271 g/mol. The summed E-state index contributed by atoms with van der Waals surface area (Å²) in [6, 6.07) is 0. The minimum atomic E-state index is -0.922. The van der Waals surface area contributed by atoms with Crippen molar-refractivity contribution in [3.05, 3.63) is 0 Å². The Kier molecular flexibility index (Phi) is 15.6. The second-order valence-corrected chi connectivity index (χ2v) is 12.3. The van der Waals surface area contributed by atoms with Gasteiger partial charge in [-0.3, -0.25) is 0 Å². The van der Waals surface area contributed by atoms with Crippen molar-refractivity contribution in [1.29, 1.82) is 0 Å². The molecule has 0 aromatic rings. The molecule has 0 atom stereocenters. The first-order valence-electron chi connectivity index (χ1n) is 10.2. The second kappa shape index (κ2) is 15.3. The summed E-state index contributed by atoms with van der Waals surface area (Å²) < 4.78 is 0. The third kappa shape index (κ3) is 11.6. The summed E-state index contributed by atoms with van der Waals surface area (Å²) in [6.07, 6.45) is 24.1. The van der Waals surface area contributed by atoms with Gasteiger partial charge in [0.1, 0.15) is 0 Å². The molecule has 0 aliphatic carbocycles. The average molecular weight is 317 g/mol. The van der Waals surface area contributed by atoms with Crippen LogP contribution in [0.1, 0.15) is 105 Å². The Morgan fingerprint density at radius 3 is 1.38 bits per heavy atom. The van der Waals surface area contributed by atoms with E-state index in [2.05, 4.69) is 27.7 Å². The van der Waals surface area contributed by atoms with Crippen LogP contribution < -0.4 is 0 Å². The molecule has 0 nitrogen and oxygen atoms in total. The Hall–Kier alpha value is 0.430. The van der Waals surface area contributed by atoms with E-state index in [1.54, 1.807) is 31.1 Å². The fraction of sp³-hybridized carbons (Fsp3) is 1.00. The van der Waals surface area contributed by atoms with Gasteiger partial charge in [0.05, 0.1) is 0 Å². The minimum absolute atomic E-state index is 0.922. The topological polar surface area (TPSA) is 0 Å². The first kappa shape index (κ1) is 21.4. The molecule has 0 spiro atoms. The number of unbranched alkanes of at least 4 members (excludes halogenated alkanes) is 8. The van der Waals surface area contributed by atoms with Crippen LogP contribution >= 0.6 is 7.26 Å². The zero-order valence-corrected chi connectivity index (χ0v) is 16.8. The van der Waals surface area contributed by atoms with Crippen LogP contribution in [-0.4, -0.2) is 24.6 Å². The van der Waals surface area contributed by atoms with E-state index >= 15 is 0 Å². The molecule has 0 heterocycles. The molecule has 0 N–H and O–H groups in total. The summed E-state index contributed by atoms with van der Waals surface area (Å²) in [5.41, 5.74) is 0. The van der Waals surface area contributed by atoms with E-state index < -0.39 is 7.26 Å². The number of rotatable bonds is 16. The monoisotopic (exact) mass is 316 g/mol. The van der Waals surface area contributed by atoms with Gasteiger partial charge in [-0.2, -0.15) is 0 Å². The molecule has 0 aromatic carbocycles. The summed E-state index contributed by atoms with van der Waals surface area (Å²) in [6.45, 7) is 9.47. The van der Waals surface area contributed by atoms with E-state index in [1.165, 1.54) is 70.6 Å². The van der Waals surface area contributed by atoms with Crippen LogP contribution in [0.3, 0.4) is 0 Å². The summed E-state index contributed by atoms with van der Waals surface area (Å²) in [5.74, 6) is 0. The van der Waals surface area contributed by atoms with Crippen molar-refractivity contribution < 1.29 is 0 Å². The molecule has 0 aromatic heterocycles. The van der Waals surface area contributed by atoms with Gasteiger partial charge in [-0.1, -0.05) is 0 Å². The van der Waals surface area contributed by atoms with Crippen molar-refractivity contribution in [2.75, 3.05) is 24.6 Å². The van der Waals surface area contributed by atoms with Gasteiger partial charge in [-0.15, -0.1) is 0 Å². The SMILES string of the molecule is CCCCCCCC[PH](CCC)(CCCC)CCCCC. The predicted molar refractivity (Wildman–Crippen MR) is 106 cm³/mol. The van der Waals surface area contributed by atoms with Gasteiger partial charge in [0.15, 0.2) is 0 Å². The van der Waals surface area contributed by atoms with Crippen LogP contribution in [0, 0.1) is 0 Å². The van der Waals surface area contributed by atoms with E-state index in [-0.39, 0.29) is 0 Å². The zero-order chi connectivity index (χ0) is 15.8. The van der Waals surface area contributed by atoms with E-state index in [0.717, 1.165) is 0 Å². The molecule has 0 unspecified atom stereocenters. The molecule has 0 aliphatic rings. The van der Waals surface area contributed by atoms with Crippen LogP contribution in [0.5, 0.6) is 0 Å². The second-order valence-electron chi connectivity index (χ2n) is 7.33. The van der Waals surface area contributed by atoms with Crippen LogP contribution in [0.2, 0.25) is 0 Å². The quantitative estimate of drug-likeness (QED) is 0.204. The van der Waals surface area contributed by atoms with Gasteiger partial charge in [-0.05, 0) is 0 Å². The summed E-state index contributed by atoms with van der Waals surface area (Å²) in [4.78, 5) is 0. The van der Waals surface area contributed by atoms with Gasteiger partial charge < -0.3 is 0 Å². The fourth-order valence-electron chi connectivity index (χ4n) is 3.86. The standard InChI is InChI=1S/C20H45P/c1-5-9-12-13-14-16-20-21(17-8-4,18-11-7-3)19-15-10-6-2/h21H,5-20H2,1-4H3. The van der Waals surface area contributed by atoms with Crippen molar-refractivity contribution in [2.45, 2.75) is 105 Å². The Labute approximate surface area is 137 Å². The molecule has 0 saturated carbocycles. The Bertz CT molecular complexity index is 202. The molecule has 0 bridgehead atoms. The average Bonchev–Trinajstić information content (AvgIpc) is 2.49. The van der Waals surface area contributed by atoms with Gasteiger partial charge in [0.2, 0.25) is 0 Å². The van der Waals surface area contributed by atoms with Crippen LogP contribution in [-0.2, 0) is 0 Å². The van der Waals surface area contributed by atoms with Crippen LogP contribution in [0.15, 0.2) is 0 Å². The predicted octanol–water partition coefficient (Wildman–Crippen LogP) is 7.50. The maximum atomic E-state index is 2.43. The molecule has 0 amide bonds. The Morgan fingerprint density at radius 1 is 0.381 bits per heavy atom. The van der Waals surface area contributed by atoms with Gasteiger partial charge in [0.25, 0.3) is 0 Å². The third-order valence-electron chi connectivity index (χ3n) is 5.21. The number of hydrogen-bond acceptors (Lipinski definition) is 0. The molecule has 0 saturated heterocycles. The maximum absolute atomic E-state index is 2.43. The number of hydrogen-bond donors (Lipinski definition) is 0. The van der Waals surface area contributed by atoms with E-state index in [1.807, 2.05) is 0 Å². The molecule has 130 valence electrons. The third-order valence-corrected chi connectivity index (χ3v) is 11.0. The normalized spacial score (nSPS) is 12.8. The van der Waals surface area contributed by atoms with Crippen molar-refractivity contribution in [3.63, 3.8) is 0 Å². The molecule has 0 fully saturated rings. The zero-order valence-electron chi connectivity index (χ0n) is 15.8. The summed E-state index contributed by atoms with van der Waals surface area (Å²) in [7, 11) is -0.922. The van der Waals surface area contributed by atoms with E-state index in [4.69, 9.17) is 0 Å². The summed E-state index contributed by atoms with van der Waals surface area (Å²) >= 11 is 0. The molecule has 21 heavy (non-hydrogen) atoms. The van der Waals surface area contributed by atoms with Crippen LogP contribution in [0.4, 0.5) is 0 Å². The van der Waals surface area contributed by atoms with E-state index in [9.17, 15) is 0 Å².